The summed E-state index contributed by atoms with van der Waals surface area (Å²) in [4.78, 5) is 0. The molecule has 0 fully saturated rings. The molecule has 0 radical (unpaired) electrons. The lowest BCUT2D eigenvalue weighted by Gasteiger charge is -2.19. The summed E-state index contributed by atoms with van der Waals surface area (Å²) in [5, 5.41) is 0. The van der Waals surface area contributed by atoms with Crippen molar-refractivity contribution in [2.75, 3.05) is 6.61 Å². The van der Waals surface area contributed by atoms with Gasteiger partial charge >= 0.3 is 0 Å². The standard InChI is InChI=1S/C16H32O/c1-5-7-8-9-10-11-12-13-16(3,4)14-15-17-6-2/h14-15H,5-13H2,1-4H3. The fraction of sp³-hybridized carbons (Fsp3) is 0.875. The van der Waals surface area contributed by atoms with Gasteiger partial charge < -0.3 is 4.74 Å². The molecule has 0 heterocycles. The molecule has 0 aromatic rings. The van der Waals surface area contributed by atoms with E-state index in [1.807, 2.05) is 13.2 Å². The number of allylic oxidation sites excluding steroid dienone is 1. The maximum atomic E-state index is 5.26. The van der Waals surface area contributed by atoms with Crippen molar-refractivity contribution in [3.05, 3.63) is 12.3 Å². The van der Waals surface area contributed by atoms with Gasteiger partial charge in [0.1, 0.15) is 0 Å². The third-order valence-electron chi connectivity index (χ3n) is 3.21. The Morgan fingerprint density at radius 1 is 0.882 bits per heavy atom. The monoisotopic (exact) mass is 240 g/mol. The molecular weight excluding hydrogens is 208 g/mol. The summed E-state index contributed by atoms with van der Waals surface area (Å²) in [5.74, 6) is 0. The minimum atomic E-state index is 0.290. The van der Waals surface area contributed by atoms with Crippen molar-refractivity contribution >= 4 is 0 Å². The Hall–Kier alpha value is -0.460. The van der Waals surface area contributed by atoms with Gasteiger partial charge in [-0.1, -0.05) is 65.7 Å². The zero-order valence-electron chi connectivity index (χ0n) is 12.4. The largest absolute Gasteiger partial charge is 0.502 e. The maximum absolute atomic E-state index is 5.26. The number of rotatable bonds is 11. The fourth-order valence-electron chi connectivity index (χ4n) is 1.95. The smallest absolute Gasteiger partial charge is 0.0845 e. The van der Waals surface area contributed by atoms with Crippen LogP contribution in [-0.4, -0.2) is 6.61 Å². The average Bonchev–Trinajstić information content (AvgIpc) is 2.28. The first-order valence-corrected chi connectivity index (χ1v) is 7.41. The zero-order chi connectivity index (χ0) is 13.0. The van der Waals surface area contributed by atoms with Crippen LogP contribution in [0.2, 0.25) is 0 Å². The van der Waals surface area contributed by atoms with Crippen molar-refractivity contribution in [3.63, 3.8) is 0 Å². The Bertz CT molecular complexity index is 182. The molecule has 1 nitrogen and oxygen atoms in total. The van der Waals surface area contributed by atoms with Crippen molar-refractivity contribution in [3.8, 4) is 0 Å². The summed E-state index contributed by atoms with van der Waals surface area (Å²) < 4.78 is 5.26. The van der Waals surface area contributed by atoms with Gasteiger partial charge in [0.05, 0.1) is 12.9 Å². The molecule has 0 saturated heterocycles. The Morgan fingerprint density at radius 2 is 1.47 bits per heavy atom. The van der Waals surface area contributed by atoms with Crippen LogP contribution < -0.4 is 0 Å². The van der Waals surface area contributed by atoms with E-state index < -0.39 is 0 Å². The Balaban J connectivity index is 3.45. The van der Waals surface area contributed by atoms with Crippen LogP contribution >= 0.6 is 0 Å². The molecule has 0 aliphatic rings. The Kier molecular flexibility index (Phi) is 10.4. The molecule has 0 aliphatic carbocycles. The second-order valence-electron chi connectivity index (χ2n) is 5.62. The maximum Gasteiger partial charge on any atom is 0.0845 e. The highest BCUT2D eigenvalue weighted by atomic mass is 16.5. The molecule has 0 aromatic heterocycles. The van der Waals surface area contributed by atoms with Crippen molar-refractivity contribution in [1.29, 1.82) is 0 Å². The molecule has 0 spiro atoms. The van der Waals surface area contributed by atoms with E-state index in [-0.39, 0.29) is 0 Å². The number of hydrogen-bond donors (Lipinski definition) is 0. The summed E-state index contributed by atoms with van der Waals surface area (Å²) in [7, 11) is 0. The van der Waals surface area contributed by atoms with Crippen LogP contribution in [-0.2, 0) is 4.74 Å². The van der Waals surface area contributed by atoms with Gasteiger partial charge in [0.2, 0.25) is 0 Å². The van der Waals surface area contributed by atoms with E-state index >= 15 is 0 Å². The van der Waals surface area contributed by atoms with E-state index in [0.29, 0.717) is 5.41 Å². The van der Waals surface area contributed by atoms with Crippen molar-refractivity contribution in [2.24, 2.45) is 5.41 Å². The minimum Gasteiger partial charge on any atom is -0.502 e. The lowest BCUT2D eigenvalue weighted by Crippen LogP contribution is -2.07. The highest BCUT2D eigenvalue weighted by molar-refractivity contribution is 4.90. The lowest BCUT2D eigenvalue weighted by atomic mass is 9.87. The van der Waals surface area contributed by atoms with Gasteiger partial charge in [-0.2, -0.15) is 0 Å². The van der Waals surface area contributed by atoms with Gasteiger partial charge in [0, 0.05) is 0 Å². The first-order chi connectivity index (χ1) is 8.12. The Morgan fingerprint density at radius 3 is 2.06 bits per heavy atom. The molecule has 0 amide bonds. The minimum absolute atomic E-state index is 0.290. The molecular formula is C16H32O. The highest BCUT2D eigenvalue weighted by Crippen LogP contribution is 2.25. The molecule has 102 valence electrons. The summed E-state index contributed by atoms with van der Waals surface area (Å²) >= 11 is 0. The summed E-state index contributed by atoms with van der Waals surface area (Å²) in [5.41, 5.74) is 0.290. The third kappa shape index (κ3) is 11.8. The summed E-state index contributed by atoms with van der Waals surface area (Å²) in [6, 6.07) is 0. The predicted molar refractivity (Wildman–Crippen MR) is 77.2 cm³/mol. The molecule has 1 heteroatoms. The normalized spacial score (nSPS) is 12.2. The molecule has 0 rings (SSSR count). The topological polar surface area (TPSA) is 9.23 Å². The van der Waals surface area contributed by atoms with Crippen LogP contribution in [0, 0.1) is 5.41 Å². The number of ether oxygens (including phenoxy) is 1. The number of hydrogen-bond acceptors (Lipinski definition) is 1. The van der Waals surface area contributed by atoms with E-state index in [9.17, 15) is 0 Å². The first kappa shape index (κ1) is 16.5. The van der Waals surface area contributed by atoms with E-state index in [0.717, 1.165) is 6.61 Å². The van der Waals surface area contributed by atoms with Gasteiger partial charge in [-0.25, -0.2) is 0 Å². The third-order valence-corrected chi connectivity index (χ3v) is 3.21. The SMILES string of the molecule is CCCCCCCCCC(C)(C)C=COCC. The van der Waals surface area contributed by atoms with Crippen molar-refractivity contribution in [2.45, 2.75) is 79.1 Å². The molecule has 0 N–H and O–H groups in total. The van der Waals surface area contributed by atoms with E-state index in [1.54, 1.807) is 0 Å². The van der Waals surface area contributed by atoms with Crippen molar-refractivity contribution < 1.29 is 4.74 Å². The molecule has 0 bridgehead atoms. The Labute approximate surface area is 109 Å². The van der Waals surface area contributed by atoms with Gasteiger partial charge in [-0.3, -0.25) is 0 Å². The van der Waals surface area contributed by atoms with Gasteiger partial charge in [-0.15, -0.1) is 0 Å². The zero-order valence-corrected chi connectivity index (χ0v) is 12.4. The average molecular weight is 240 g/mol. The van der Waals surface area contributed by atoms with Crippen LogP contribution in [0.15, 0.2) is 12.3 Å². The van der Waals surface area contributed by atoms with Gasteiger partial charge in [0.15, 0.2) is 0 Å². The first-order valence-electron chi connectivity index (χ1n) is 7.41. The van der Waals surface area contributed by atoms with Crippen LogP contribution in [0.25, 0.3) is 0 Å². The van der Waals surface area contributed by atoms with Crippen LogP contribution in [0.5, 0.6) is 0 Å². The molecule has 0 saturated carbocycles. The predicted octanol–water partition coefficient (Wildman–Crippen LogP) is 5.70. The van der Waals surface area contributed by atoms with Gasteiger partial charge in [0.25, 0.3) is 0 Å². The van der Waals surface area contributed by atoms with Crippen LogP contribution in [0.3, 0.4) is 0 Å². The lowest BCUT2D eigenvalue weighted by molar-refractivity contribution is 0.260. The van der Waals surface area contributed by atoms with E-state index in [4.69, 9.17) is 4.74 Å². The van der Waals surface area contributed by atoms with E-state index in [2.05, 4.69) is 26.8 Å². The summed E-state index contributed by atoms with van der Waals surface area (Å²) in [6.45, 7) is 9.64. The van der Waals surface area contributed by atoms with Crippen molar-refractivity contribution in [1.82, 2.24) is 0 Å². The van der Waals surface area contributed by atoms with Crippen LogP contribution in [0.4, 0.5) is 0 Å². The summed E-state index contributed by atoms with van der Waals surface area (Å²) in [6.07, 6.45) is 15.1. The highest BCUT2D eigenvalue weighted by Gasteiger charge is 2.12. The quantitative estimate of drug-likeness (QED) is 0.332. The molecule has 0 atom stereocenters. The fourth-order valence-corrected chi connectivity index (χ4v) is 1.95. The van der Waals surface area contributed by atoms with Gasteiger partial charge in [-0.05, 0) is 24.8 Å². The number of unbranched alkanes of at least 4 members (excludes halogenated alkanes) is 6. The van der Waals surface area contributed by atoms with E-state index in [1.165, 1.54) is 51.4 Å². The molecule has 0 unspecified atom stereocenters. The molecule has 0 aromatic carbocycles. The molecule has 0 aliphatic heterocycles. The van der Waals surface area contributed by atoms with Crippen LogP contribution in [0.1, 0.15) is 79.1 Å². The molecule has 17 heavy (non-hydrogen) atoms. The second kappa shape index (κ2) is 10.7. The second-order valence-corrected chi connectivity index (χ2v) is 5.62.